The van der Waals surface area contributed by atoms with Crippen LogP contribution in [-0.4, -0.2) is 49.1 Å². The Hall–Kier alpha value is -0.610. The number of rotatable bonds is 6. The van der Waals surface area contributed by atoms with E-state index in [0.29, 0.717) is 6.54 Å². The molecule has 1 heterocycles. The molecule has 1 amide bonds. The Morgan fingerprint density at radius 2 is 1.71 bits per heavy atom. The third kappa shape index (κ3) is 4.28. The quantitative estimate of drug-likeness (QED) is 0.728. The molecule has 0 atom stereocenters. The minimum atomic E-state index is 0.00508. The monoisotopic (exact) mass is 241 g/mol. The van der Waals surface area contributed by atoms with E-state index >= 15 is 0 Å². The first-order valence-electron chi connectivity index (χ1n) is 6.90. The lowest BCUT2D eigenvalue weighted by Gasteiger charge is -2.33. The second-order valence-electron chi connectivity index (χ2n) is 4.92. The standard InChI is InChI=1S/C13H27N3O/c1-4-13(5-2,6-3)15-12(17)11-16-9-7-14-8-10-16/h14H,4-11H2,1-3H3,(H,15,17). The van der Waals surface area contributed by atoms with Gasteiger partial charge in [-0.2, -0.15) is 0 Å². The predicted molar refractivity (Wildman–Crippen MR) is 71.1 cm³/mol. The van der Waals surface area contributed by atoms with Crippen molar-refractivity contribution in [2.45, 2.75) is 45.6 Å². The number of amides is 1. The van der Waals surface area contributed by atoms with Crippen molar-refractivity contribution < 1.29 is 4.79 Å². The first-order valence-corrected chi connectivity index (χ1v) is 6.90. The van der Waals surface area contributed by atoms with Gasteiger partial charge in [0.25, 0.3) is 0 Å². The second-order valence-corrected chi connectivity index (χ2v) is 4.92. The normalized spacial score (nSPS) is 18.1. The number of carbonyl (C=O) groups is 1. The molecule has 100 valence electrons. The van der Waals surface area contributed by atoms with Crippen LogP contribution in [0.1, 0.15) is 40.0 Å². The molecule has 1 aliphatic heterocycles. The molecule has 0 unspecified atom stereocenters. The molecule has 1 aliphatic rings. The maximum Gasteiger partial charge on any atom is 0.234 e. The van der Waals surface area contributed by atoms with Gasteiger partial charge in [-0.1, -0.05) is 20.8 Å². The van der Waals surface area contributed by atoms with Crippen LogP contribution in [0, 0.1) is 0 Å². The van der Waals surface area contributed by atoms with Crippen molar-refractivity contribution in [3.05, 3.63) is 0 Å². The number of hydrogen-bond donors (Lipinski definition) is 2. The molecular weight excluding hydrogens is 214 g/mol. The average Bonchev–Trinajstić information content (AvgIpc) is 2.37. The van der Waals surface area contributed by atoms with Crippen molar-refractivity contribution in [3.8, 4) is 0 Å². The van der Waals surface area contributed by atoms with Gasteiger partial charge in [-0.3, -0.25) is 9.69 Å². The lowest BCUT2D eigenvalue weighted by Crippen LogP contribution is -2.53. The van der Waals surface area contributed by atoms with Gasteiger partial charge >= 0.3 is 0 Å². The van der Waals surface area contributed by atoms with Crippen LogP contribution in [0.3, 0.4) is 0 Å². The molecule has 2 N–H and O–H groups in total. The van der Waals surface area contributed by atoms with Crippen LogP contribution in [-0.2, 0) is 4.79 Å². The molecule has 1 saturated heterocycles. The van der Waals surface area contributed by atoms with Gasteiger partial charge in [-0.25, -0.2) is 0 Å². The van der Waals surface area contributed by atoms with Crippen LogP contribution in [0.25, 0.3) is 0 Å². The SMILES string of the molecule is CCC(CC)(CC)NC(=O)CN1CCNCC1. The zero-order chi connectivity index (χ0) is 12.7. The molecule has 0 aromatic heterocycles. The minimum absolute atomic E-state index is 0.00508. The Morgan fingerprint density at radius 3 is 2.18 bits per heavy atom. The van der Waals surface area contributed by atoms with Crippen LogP contribution in [0.15, 0.2) is 0 Å². The summed E-state index contributed by atoms with van der Waals surface area (Å²) in [4.78, 5) is 14.3. The maximum atomic E-state index is 12.0. The van der Waals surface area contributed by atoms with Crippen LogP contribution in [0.5, 0.6) is 0 Å². The Labute approximate surface area is 105 Å². The van der Waals surface area contributed by atoms with E-state index in [9.17, 15) is 4.79 Å². The molecule has 17 heavy (non-hydrogen) atoms. The average molecular weight is 241 g/mol. The molecule has 0 radical (unpaired) electrons. The van der Waals surface area contributed by atoms with E-state index in [0.717, 1.165) is 45.4 Å². The van der Waals surface area contributed by atoms with Crippen molar-refractivity contribution in [2.24, 2.45) is 0 Å². The van der Waals surface area contributed by atoms with Crippen molar-refractivity contribution in [1.29, 1.82) is 0 Å². The summed E-state index contributed by atoms with van der Waals surface area (Å²) in [5.74, 6) is 0.178. The number of nitrogens with zero attached hydrogens (tertiary/aromatic N) is 1. The summed E-state index contributed by atoms with van der Waals surface area (Å²) >= 11 is 0. The van der Waals surface area contributed by atoms with Crippen molar-refractivity contribution in [1.82, 2.24) is 15.5 Å². The zero-order valence-electron chi connectivity index (χ0n) is 11.5. The van der Waals surface area contributed by atoms with Crippen molar-refractivity contribution in [2.75, 3.05) is 32.7 Å². The number of hydrogen-bond acceptors (Lipinski definition) is 3. The summed E-state index contributed by atoms with van der Waals surface area (Å²) in [5.41, 5.74) is 0.00508. The van der Waals surface area contributed by atoms with Gasteiger partial charge in [0.15, 0.2) is 0 Å². The molecule has 0 aromatic carbocycles. The third-order valence-corrected chi connectivity index (χ3v) is 4.01. The fraction of sp³-hybridized carbons (Fsp3) is 0.923. The Bertz CT molecular complexity index is 225. The first kappa shape index (κ1) is 14.5. The van der Waals surface area contributed by atoms with Gasteiger partial charge in [0, 0.05) is 31.7 Å². The summed E-state index contributed by atoms with van der Waals surface area (Å²) in [5, 5.41) is 6.52. The van der Waals surface area contributed by atoms with Crippen molar-refractivity contribution in [3.63, 3.8) is 0 Å². The fourth-order valence-electron chi connectivity index (χ4n) is 2.42. The number of carbonyl (C=O) groups excluding carboxylic acids is 1. The Kier molecular flexibility index (Phi) is 5.92. The molecule has 0 aromatic rings. The van der Waals surface area contributed by atoms with E-state index in [2.05, 4.69) is 36.3 Å². The largest absolute Gasteiger partial charge is 0.350 e. The predicted octanol–water partition coefficient (Wildman–Crippen LogP) is 0.977. The van der Waals surface area contributed by atoms with E-state index in [1.165, 1.54) is 0 Å². The van der Waals surface area contributed by atoms with Gasteiger partial charge in [0.2, 0.25) is 5.91 Å². The maximum absolute atomic E-state index is 12.0. The van der Waals surface area contributed by atoms with Gasteiger partial charge in [0.05, 0.1) is 6.54 Å². The number of nitrogens with one attached hydrogen (secondary N) is 2. The van der Waals surface area contributed by atoms with E-state index in [1.54, 1.807) is 0 Å². The molecular formula is C13H27N3O. The third-order valence-electron chi connectivity index (χ3n) is 4.01. The fourth-order valence-corrected chi connectivity index (χ4v) is 2.42. The summed E-state index contributed by atoms with van der Waals surface area (Å²) in [6.45, 7) is 10.9. The molecule has 4 heteroatoms. The lowest BCUT2D eigenvalue weighted by atomic mass is 9.90. The Morgan fingerprint density at radius 1 is 1.18 bits per heavy atom. The highest BCUT2D eigenvalue weighted by Crippen LogP contribution is 2.18. The van der Waals surface area contributed by atoms with Gasteiger partial charge in [0.1, 0.15) is 0 Å². The van der Waals surface area contributed by atoms with Crippen LogP contribution in [0.2, 0.25) is 0 Å². The highest BCUT2D eigenvalue weighted by atomic mass is 16.2. The topological polar surface area (TPSA) is 44.4 Å². The summed E-state index contributed by atoms with van der Waals surface area (Å²) in [7, 11) is 0. The smallest absolute Gasteiger partial charge is 0.234 e. The molecule has 1 rings (SSSR count). The molecule has 0 spiro atoms. The summed E-state index contributed by atoms with van der Waals surface area (Å²) in [6, 6.07) is 0. The highest BCUT2D eigenvalue weighted by Gasteiger charge is 2.26. The van der Waals surface area contributed by atoms with E-state index in [1.807, 2.05) is 0 Å². The lowest BCUT2D eigenvalue weighted by molar-refractivity contribution is -0.124. The molecule has 0 saturated carbocycles. The molecule has 4 nitrogen and oxygen atoms in total. The Balaban J connectivity index is 2.41. The molecule has 0 aliphatic carbocycles. The molecule has 1 fully saturated rings. The molecule has 0 bridgehead atoms. The van der Waals surface area contributed by atoms with Crippen LogP contribution in [0.4, 0.5) is 0 Å². The first-order chi connectivity index (χ1) is 8.15. The van der Waals surface area contributed by atoms with E-state index in [4.69, 9.17) is 0 Å². The zero-order valence-corrected chi connectivity index (χ0v) is 11.5. The van der Waals surface area contributed by atoms with Gasteiger partial charge < -0.3 is 10.6 Å². The van der Waals surface area contributed by atoms with Crippen LogP contribution < -0.4 is 10.6 Å². The van der Waals surface area contributed by atoms with E-state index < -0.39 is 0 Å². The van der Waals surface area contributed by atoms with Gasteiger partial charge in [-0.15, -0.1) is 0 Å². The van der Waals surface area contributed by atoms with Crippen molar-refractivity contribution >= 4 is 5.91 Å². The highest BCUT2D eigenvalue weighted by molar-refractivity contribution is 5.78. The van der Waals surface area contributed by atoms with Crippen LogP contribution >= 0.6 is 0 Å². The van der Waals surface area contributed by atoms with Gasteiger partial charge in [-0.05, 0) is 19.3 Å². The minimum Gasteiger partial charge on any atom is -0.350 e. The summed E-state index contributed by atoms with van der Waals surface area (Å²) in [6.07, 6.45) is 3.02. The van der Waals surface area contributed by atoms with E-state index in [-0.39, 0.29) is 11.4 Å². The second kappa shape index (κ2) is 6.97. The number of piperazine rings is 1. The summed E-state index contributed by atoms with van der Waals surface area (Å²) < 4.78 is 0.